The lowest BCUT2D eigenvalue weighted by molar-refractivity contribution is 0.0256. The average Bonchev–Trinajstić information content (AvgIpc) is 2.84. The van der Waals surface area contributed by atoms with Crippen LogP contribution in [-0.2, 0) is 4.74 Å². The minimum absolute atomic E-state index is 0.116. The normalized spacial score (nSPS) is 19.6. The maximum atomic E-state index is 12.1. The van der Waals surface area contributed by atoms with E-state index in [4.69, 9.17) is 4.74 Å². The van der Waals surface area contributed by atoms with E-state index in [0.717, 1.165) is 24.9 Å². The molecule has 0 aliphatic carbocycles. The molecule has 1 fully saturated rings. The number of carbonyl (C=O) groups is 1. The predicted octanol–water partition coefficient (Wildman–Crippen LogP) is 3.49. The summed E-state index contributed by atoms with van der Waals surface area (Å²) in [6.07, 6.45) is 9.41. The first kappa shape index (κ1) is 14.6. The number of pyridine rings is 1. The molecule has 1 amide bonds. The van der Waals surface area contributed by atoms with E-state index in [1.807, 2.05) is 45.2 Å². The van der Waals surface area contributed by atoms with Crippen LogP contribution in [0.5, 0.6) is 0 Å². The standard InChI is InChI=1S/C16H22N2O2/c1-16(2,3)20-15(19)18-11-5-7-14(18)9-8-13-6-4-10-17-12-13/h4,6,8-10,12,14H,5,7,11H2,1-3H3/b9-8+/t14-/m0/s1. The summed E-state index contributed by atoms with van der Waals surface area (Å²) in [5.41, 5.74) is 0.598. The average molecular weight is 274 g/mol. The summed E-state index contributed by atoms with van der Waals surface area (Å²) in [6.45, 7) is 6.43. The van der Waals surface area contributed by atoms with Crippen molar-refractivity contribution in [1.29, 1.82) is 0 Å². The second-order valence-corrected chi connectivity index (χ2v) is 6.03. The van der Waals surface area contributed by atoms with Crippen molar-refractivity contribution in [1.82, 2.24) is 9.88 Å². The van der Waals surface area contributed by atoms with Crippen molar-refractivity contribution in [2.45, 2.75) is 45.3 Å². The summed E-state index contributed by atoms with van der Waals surface area (Å²) < 4.78 is 5.44. The van der Waals surface area contributed by atoms with Gasteiger partial charge in [-0.2, -0.15) is 0 Å². The van der Waals surface area contributed by atoms with Crippen LogP contribution in [0, 0.1) is 0 Å². The number of likely N-dealkylation sites (tertiary alicyclic amines) is 1. The molecule has 0 N–H and O–H groups in total. The van der Waals surface area contributed by atoms with E-state index < -0.39 is 5.60 Å². The molecule has 1 aromatic rings. The molecular weight excluding hydrogens is 252 g/mol. The highest BCUT2D eigenvalue weighted by atomic mass is 16.6. The largest absolute Gasteiger partial charge is 0.444 e. The first-order valence-corrected chi connectivity index (χ1v) is 7.03. The Morgan fingerprint density at radius 2 is 2.30 bits per heavy atom. The van der Waals surface area contributed by atoms with Gasteiger partial charge in [0.05, 0.1) is 6.04 Å². The Balaban J connectivity index is 2.01. The van der Waals surface area contributed by atoms with Crippen LogP contribution in [0.1, 0.15) is 39.2 Å². The molecule has 0 saturated carbocycles. The van der Waals surface area contributed by atoms with E-state index in [-0.39, 0.29) is 12.1 Å². The molecule has 1 aliphatic heterocycles. The fourth-order valence-corrected chi connectivity index (χ4v) is 2.24. The van der Waals surface area contributed by atoms with Crippen LogP contribution in [0.2, 0.25) is 0 Å². The Morgan fingerprint density at radius 3 is 2.95 bits per heavy atom. The minimum atomic E-state index is -0.447. The Bertz CT molecular complexity index is 477. The van der Waals surface area contributed by atoms with Crippen LogP contribution in [-0.4, -0.2) is 34.2 Å². The molecule has 108 valence electrons. The zero-order chi connectivity index (χ0) is 14.6. The molecule has 2 heterocycles. The topological polar surface area (TPSA) is 42.4 Å². The SMILES string of the molecule is CC(C)(C)OC(=O)N1CCC[C@H]1/C=C/c1cccnc1. The van der Waals surface area contributed by atoms with Crippen LogP contribution in [0.3, 0.4) is 0 Å². The summed E-state index contributed by atoms with van der Waals surface area (Å²) in [5.74, 6) is 0. The Morgan fingerprint density at radius 1 is 1.50 bits per heavy atom. The van der Waals surface area contributed by atoms with Gasteiger partial charge in [-0.25, -0.2) is 4.79 Å². The van der Waals surface area contributed by atoms with Crippen molar-refractivity contribution in [3.05, 3.63) is 36.2 Å². The molecule has 0 unspecified atom stereocenters. The van der Waals surface area contributed by atoms with Crippen molar-refractivity contribution < 1.29 is 9.53 Å². The molecule has 0 aromatic carbocycles. The third kappa shape index (κ3) is 4.08. The Hall–Kier alpha value is -1.84. The number of amides is 1. The zero-order valence-electron chi connectivity index (χ0n) is 12.4. The monoisotopic (exact) mass is 274 g/mol. The molecule has 4 heteroatoms. The van der Waals surface area contributed by atoms with Gasteiger partial charge in [0.1, 0.15) is 5.60 Å². The molecule has 0 spiro atoms. The van der Waals surface area contributed by atoms with Crippen LogP contribution >= 0.6 is 0 Å². The summed E-state index contributed by atoms with van der Waals surface area (Å²) in [5, 5.41) is 0. The third-order valence-corrected chi connectivity index (χ3v) is 3.12. The fraction of sp³-hybridized carbons (Fsp3) is 0.500. The summed E-state index contributed by atoms with van der Waals surface area (Å²) in [7, 11) is 0. The lowest BCUT2D eigenvalue weighted by Gasteiger charge is -2.27. The van der Waals surface area contributed by atoms with Crippen molar-refractivity contribution in [3.8, 4) is 0 Å². The maximum absolute atomic E-state index is 12.1. The van der Waals surface area contributed by atoms with E-state index in [1.165, 1.54) is 0 Å². The van der Waals surface area contributed by atoms with Gasteiger partial charge in [0, 0.05) is 18.9 Å². The second kappa shape index (κ2) is 6.07. The van der Waals surface area contributed by atoms with Crippen LogP contribution in [0.25, 0.3) is 6.08 Å². The molecule has 1 aromatic heterocycles. The first-order chi connectivity index (χ1) is 9.46. The molecule has 1 aliphatic rings. The zero-order valence-corrected chi connectivity index (χ0v) is 12.4. The van der Waals surface area contributed by atoms with Gasteiger partial charge >= 0.3 is 6.09 Å². The van der Waals surface area contributed by atoms with E-state index >= 15 is 0 Å². The van der Waals surface area contributed by atoms with Gasteiger partial charge in [-0.1, -0.05) is 18.2 Å². The number of hydrogen-bond acceptors (Lipinski definition) is 3. The highest BCUT2D eigenvalue weighted by molar-refractivity contribution is 5.69. The van der Waals surface area contributed by atoms with Gasteiger partial charge in [0.25, 0.3) is 0 Å². The van der Waals surface area contributed by atoms with E-state index in [9.17, 15) is 4.79 Å². The molecule has 1 atom stereocenters. The lowest BCUT2D eigenvalue weighted by atomic mass is 10.1. The predicted molar refractivity (Wildman–Crippen MR) is 79.2 cm³/mol. The summed E-state index contributed by atoms with van der Waals surface area (Å²) in [4.78, 5) is 18.0. The summed E-state index contributed by atoms with van der Waals surface area (Å²) in [6, 6.07) is 4.01. The second-order valence-electron chi connectivity index (χ2n) is 6.03. The smallest absolute Gasteiger partial charge is 0.410 e. The Labute approximate surface area is 120 Å². The van der Waals surface area contributed by atoms with Crippen LogP contribution in [0.15, 0.2) is 30.6 Å². The quantitative estimate of drug-likeness (QED) is 0.829. The van der Waals surface area contributed by atoms with E-state index in [0.29, 0.717) is 0 Å². The van der Waals surface area contributed by atoms with Crippen LogP contribution < -0.4 is 0 Å². The van der Waals surface area contributed by atoms with Gasteiger partial charge in [-0.05, 0) is 45.2 Å². The maximum Gasteiger partial charge on any atom is 0.410 e. The molecule has 4 nitrogen and oxygen atoms in total. The van der Waals surface area contributed by atoms with Gasteiger partial charge < -0.3 is 9.64 Å². The molecular formula is C16H22N2O2. The first-order valence-electron chi connectivity index (χ1n) is 7.03. The molecule has 0 radical (unpaired) electrons. The molecule has 1 saturated heterocycles. The van der Waals surface area contributed by atoms with Crippen molar-refractivity contribution in [2.24, 2.45) is 0 Å². The minimum Gasteiger partial charge on any atom is -0.444 e. The van der Waals surface area contributed by atoms with E-state index in [1.54, 1.807) is 11.1 Å². The van der Waals surface area contributed by atoms with Crippen molar-refractivity contribution >= 4 is 12.2 Å². The van der Waals surface area contributed by atoms with Crippen molar-refractivity contribution in [3.63, 3.8) is 0 Å². The fourth-order valence-electron chi connectivity index (χ4n) is 2.24. The lowest BCUT2D eigenvalue weighted by Crippen LogP contribution is -2.39. The molecule has 20 heavy (non-hydrogen) atoms. The number of hydrogen-bond donors (Lipinski definition) is 0. The highest BCUT2D eigenvalue weighted by Crippen LogP contribution is 2.22. The molecule has 2 rings (SSSR count). The number of aromatic nitrogens is 1. The van der Waals surface area contributed by atoms with Crippen molar-refractivity contribution in [2.75, 3.05) is 6.54 Å². The van der Waals surface area contributed by atoms with Gasteiger partial charge in [-0.3, -0.25) is 4.98 Å². The number of rotatable bonds is 2. The number of nitrogens with zero attached hydrogens (tertiary/aromatic N) is 2. The summed E-state index contributed by atoms with van der Waals surface area (Å²) >= 11 is 0. The van der Waals surface area contributed by atoms with Gasteiger partial charge in [-0.15, -0.1) is 0 Å². The highest BCUT2D eigenvalue weighted by Gasteiger charge is 2.30. The number of carbonyl (C=O) groups excluding carboxylic acids is 1. The van der Waals surface area contributed by atoms with Gasteiger partial charge in [0.15, 0.2) is 0 Å². The molecule has 0 bridgehead atoms. The van der Waals surface area contributed by atoms with Gasteiger partial charge in [0.2, 0.25) is 0 Å². The van der Waals surface area contributed by atoms with E-state index in [2.05, 4.69) is 11.1 Å². The number of ether oxygens (including phenoxy) is 1. The third-order valence-electron chi connectivity index (χ3n) is 3.12. The van der Waals surface area contributed by atoms with Crippen LogP contribution in [0.4, 0.5) is 4.79 Å². The Kier molecular flexibility index (Phi) is 4.42.